The summed E-state index contributed by atoms with van der Waals surface area (Å²) in [5.74, 6) is 1.80. The van der Waals surface area contributed by atoms with Gasteiger partial charge in [0.1, 0.15) is 11.3 Å². The van der Waals surface area contributed by atoms with E-state index in [4.69, 9.17) is 14.7 Å². The molecule has 2 aromatic carbocycles. The maximum absolute atomic E-state index is 13.6. The Labute approximate surface area is 263 Å². The van der Waals surface area contributed by atoms with Crippen molar-refractivity contribution in [3.8, 4) is 5.75 Å². The molecule has 6 rings (SSSR count). The SMILES string of the molecule is CCOc1cc(C(=O)N2CCC(N3CCN(C)CC3)CC2)ccc1Nc1nc(Nc2ccccc2SC)c2c(ccn2C)n1. The fourth-order valence-corrected chi connectivity index (χ4v) is 6.72. The van der Waals surface area contributed by atoms with Crippen molar-refractivity contribution in [3.05, 3.63) is 60.3 Å². The highest BCUT2D eigenvalue weighted by atomic mass is 32.2. The molecule has 1 amide bonds. The number of fused-ring (bicyclic) bond motifs is 1. The number of thioether (sulfide) groups is 1. The minimum absolute atomic E-state index is 0.0511. The van der Waals surface area contributed by atoms with Gasteiger partial charge >= 0.3 is 0 Å². The van der Waals surface area contributed by atoms with Gasteiger partial charge in [-0.05, 0) is 69.5 Å². The number of carbonyl (C=O) groups excluding carboxylic acids is 1. The topological polar surface area (TPSA) is 90.8 Å². The minimum atomic E-state index is 0.0511. The zero-order valence-corrected chi connectivity index (χ0v) is 26.9. The Morgan fingerprint density at radius 1 is 0.955 bits per heavy atom. The first-order valence-electron chi connectivity index (χ1n) is 15.4. The lowest BCUT2D eigenvalue weighted by atomic mass is 10.0. The van der Waals surface area contributed by atoms with Gasteiger partial charge in [0.15, 0.2) is 5.82 Å². The second-order valence-corrected chi connectivity index (χ2v) is 12.4. The maximum atomic E-state index is 13.6. The van der Waals surface area contributed by atoms with E-state index >= 15 is 0 Å². The van der Waals surface area contributed by atoms with Gasteiger partial charge < -0.3 is 29.7 Å². The van der Waals surface area contributed by atoms with E-state index in [9.17, 15) is 4.79 Å². The number of aryl methyl sites for hydroxylation is 1. The van der Waals surface area contributed by atoms with Crippen molar-refractivity contribution in [3.63, 3.8) is 0 Å². The first kappa shape index (κ1) is 30.2. The number of likely N-dealkylation sites (N-methyl/N-ethyl adjacent to an activating group) is 1. The molecule has 2 aliphatic rings. The molecule has 4 heterocycles. The van der Waals surface area contributed by atoms with Crippen molar-refractivity contribution in [2.75, 3.05) is 69.8 Å². The van der Waals surface area contributed by atoms with E-state index < -0.39 is 0 Å². The number of benzene rings is 2. The summed E-state index contributed by atoms with van der Waals surface area (Å²) < 4.78 is 8.04. The summed E-state index contributed by atoms with van der Waals surface area (Å²) in [5.41, 5.74) is 4.06. The molecule has 2 aromatic heterocycles. The fourth-order valence-electron chi connectivity index (χ4n) is 6.17. The molecule has 11 heteroatoms. The lowest BCUT2D eigenvalue weighted by molar-refractivity contribution is 0.0518. The highest BCUT2D eigenvalue weighted by Crippen LogP contribution is 2.33. The summed E-state index contributed by atoms with van der Waals surface area (Å²) in [5, 5.41) is 6.90. The van der Waals surface area contributed by atoms with Crippen LogP contribution in [-0.2, 0) is 7.05 Å². The Hall–Kier alpha value is -3.80. The Balaban J connectivity index is 1.20. The summed E-state index contributed by atoms with van der Waals surface area (Å²) in [6.07, 6.45) is 6.08. The van der Waals surface area contributed by atoms with E-state index in [1.807, 2.05) is 72.1 Å². The molecule has 2 aliphatic heterocycles. The summed E-state index contributed by atoms with van der Waals surface area (Å²) in [4.78, 5) is 31.3. The Morgan fingerprint density at radius 2 is 1.73 bits per heavy atom. The van der Waals surface area contributed by atoms with Crippen molar-refractivity contribution in [2.24, 2.45) is 7.05 Å². The van der Waals surface area contributed by atoms with Crippen molar-refractivity contribution < 1.29 is 9.53 Å². The highest BCUT2D eigenvalue weighted by Gasteiger charge is 2.29. The lowest BCUT2D eigenvalue weighted by Crippen LogP contribution is -2.52. The number of nitrogens with zero attached hydrogens (tertiary/aromatic N) is 6. The van der Waals surface area contributed by atoms with Crippen LogP contribution < -0.4 is 15.4 Å². The molecule has 0 spiro atoms. The summed E-state index contributed by atoms with van der Waals surface area (Å²) >= 11 is 1.68. The van der Waals surface area contributed by atoms with Crippen molar-refractivity contribution in [1.82, 2.24) is 29.2 Å². The van der Waals surface area contributed by atoms with E-state index in [1.165, 1.54) is 0 Å². The van der Waals surface area contributed by atoms with Gasteiger partial charge in [0.25, 0.3) is 5.91 Å². The standard InChI is InChI=1S/C33H42N8O2S/c1-5-43-28-22-23(32(42)41-16-12-24(13-17-41)40-20-18-38(2)19-21-40)10-11-25(28)35-33-36-27-14-15-39(3)30(27)31(37-33)34-26-8-6-7-9-29(26)44-4/h6-11,14-15,22,24H,5,12-13,16-21H2,1-4H3,(H2,34,35,36,37). The molecule has 0 radical (unpaired) electrons. The van der Waals surface area contributed by atoms with Crippen LogP contribution in [0.1, 0.15) is 30.1 Å². The number of ether oxygens (including phenoxy) is 1. The normalized spacial score (nSPS) is 16.8. The number of piperidine rings is 1. The molecule has 0 unspecified atom stereocenters. The van der Waals surface area contributed by atoms with Crippen LogP contribution in [0.25, 0.3) is 11.0 Å². The van der Waals surface area contributed by atoms with Crippen molar-refractivity contribution in [2.45, 2.75) is 30.7 Å². The van der Waals surface area contributed by atoms with Gasteiger partial charge in [0.05, 0.1) is 23.5 Å². The van der Waals surface area contributed by atoms with Crippen LogP contribution in [0.3, 0.4) is 0 Å². The molecular weight excluding hydrogens is 572 g/mol. The zero-order chi connectivity index (χ0) is 30.6. The van der Waals surface area contributed by atoms with Gasteiger partial charge in [-0.2, -0.15) is 4.98 Å². The van der Waals surface area contributed by atoms with E-state index in [1.54, 1.807) is 11.8 Å². The van der Waals surface area contributed by atoms with Crippen LogP contribution in [0.15, 0.2) is 59.6 Å². The molecule has 44 heavy (non-hydrogen) atoms. The van der Waals surface area contributed by atoms with Gasteiger partial charge in [-0.25, -0.2) is 4.98 Å². The molecule has 4 aromatic rings. The third-order valence-electron chi connectivity index (χ3n) is 8.66. The first-order chi connectivity index (χ1) is 21.4. The summed E-state index contributed by atoms with van der Waals surface area (Å²) in [6.45, 7) is 8.44. The van der Waals surface area contributed by atoms with Crippen molar-refractivity contribution in [1.29, 1.82) is 0 Å². The molecule has 0 atom stereocenters. The number of aromatic nitrogens is 3. The van der Waals surface area contributed by atoms with Crippen LogP contribution in [0, 0.1) is 0 Å². The number of carbonyl (C=O) groups is 1. The molecule has 0 aliphatic carbocycles. The molecule has 2 fully saturated rings. The zero-order valence-electron chi connectivity index (χ0n) is 26.0. The van der Waals surface area contributed by atoms with Gasteiger partial charge in [-0.1, -0.05) is 12.1 Å². The predicted molar refractivity (Wildman–Crippen MR) is 179 cm³/mol. The number of hydrogen-bond acceptors (Lipinski definition) is 9. The number of likely N-dealkylation sites (tertiary alicyclic amines) is 1. The molecule has 0 saturated carbocycles. The molecule has 0 bridgehead atoms. The average Bonchev–Trinajstić information content (AvgIpc) is 3.42. The molecule has 2 N–H and O–H groups in total. The van der Waals surface area contributed by atoms with Crippen molar-refractivity contribution >= 4 is 51.8 Å². The summed E-state index contributed by atoms with van der Waals surface area (Å²) in [6, 6.07) is 16.3. The van der Waals surface area contributed by atoms with Crippen LogP contribution in [-0.4, -0.2) is 100 Å². The molecule has 10 nitrogen and oxygen atoms in total. The largest absolute Gasteiger partial charge is 0.492 e. The number of amides is 1. The molecule has 232 valence electrons. The predicted octanol–water partition coefficient (Wildman–Crippen LogP) is 5.43. The maximum Gasteiger partial charge on any atom is 0.253 e. The average molecular weight is 615 g/mol. The smallest absolute Gasteiger partial charge is 0.253 e. The van der Waals surface area contributed by atoms with Gasteiger partial charge in [0.2, 0.25) is 5.95 Å². The second kappa shape index (κ2) is 13.5. The van der Waals surface area contributed by atoms with Crippen LogP contribution in [0.2, 0.25) is 0 Å². The first-order valence-corrected chi connectivity index (χ1v) is 16.6. The van der Waals surface area contributed by atoms with E-state index in [0.29, 0.717) is 41.4 Å². The summed E-state index contributed by atoms with van der Waals surface area (Å²) in [7, 11) is 4.18. The molecule has 2 saturated heterocycles. The van der Waals surface area contributed by atoms with Gasteiger partial charge in [-0.15, -0.1) is 11.8 Å². The number of anilines is 4. The van der Waals surface area contributed by atoms with E-state index in [2.05, 4.69) is 39.8 Å². The van der Waals surface area contributed by atoms with Crippen LogP contribution >= 0.6 is 11.8 Å². The van der Waals surface area contributed by atoms with Gasteiger partial charge in [-0.3, -0.25) is 9.69 Å². The number of nitrogens with one attached hydrogen (secondary N) is 2. The number of hydrogen-bond donors (Lipinski definition) is 2. The number of rotatable bonds is 9. The minimum Gasteiger partial charge on any atom is -0.492 e. The third kappa shape index (κ3) is 6.50. The van der Waals surface area contributed by atoms with Crippen LogP contribution in [0.5, 0.6) is 5.75 Å². The highest BCUT2D eigenvalue weighted by molar-refractivity contribution is 7.98. The fraction of sp³-hybridized carbons (Fsp3) is 0.424. The Bertz CT molecular complexity index is 1610. The second-order valence-electron chi connectivity index (χ2n) is 11.5. The van der Waals surface area contributed by atoms with Crippen LogP contribution in [0.4, 0.5) is 23.1 Å². The quantitative estimate of drug-likeness (QED) is 0.240. The van der Waals surface area contributed by atoms with E-state index in [0.717, 1.165) is 73.7 Å². The third-order valence-corrected chi connectivity index (χ3v) is 9.46. The number of piperazine rings is 1. The molecular formula is C33H42N8O2S. The lowest BCUT2D eigenvalue weighted by Gasteiger charge is -2.42. The Kier molecular flexibility index (Phi) is 9.25. The van der Waals surface area contributed by atoms with E-state index in [-0.39, 0.29) is 5.91 Å². The Morgan fingerprint density at radius 3 is 2.48 bits per heavy atom. The van der Waals surface area contributed by atoms with Gasteiger partial charge in [0, 0.05) is 69.0 Å². The number of para-hydroxylation sites is 1. The monoisotopic (exact) mass is 614 g/mol.